The molecule has 0 aliphatic heterocycles. The van der Waals surface area contributed by atoms with Crippen molar-refractivity contribution in [2.45, 2.75) is 6.18 Å². The molecule has 0 spiro atoms. The van der Waals surface area contributed by atoms with Crippen molar-refractivity contribution in [3.8, 4) is 0 Å². The van der Waals surface area contributed by atoms with Gasteiger partial charge < -0.3 is 0 Å². The summed E-state index contributed by atoms with van der Waals surface area (Å²) in [4.78, 5) is 0. The van der Waals surface area contributed by atoms with Crippen molar-refractivity contribution in [3.63, 3.8) is 0 Å². The molecule has 1 rings (SSSR count). The van der Waals surface area contributed by atoms with E-state index in [1.54, 1.807) is 22.6 Å². The summed E-state index contributed by atoms with van der Waals surface area (Å²) in [5, 5.41) is 0.300. The molecule has 0 unspecified atom stereocenters. The van der Waals surface area contributed by atoms with E-state index >= 15 is 0 Å². The van der Waals surface area contributed by atoms with Crippen molar-refractivity contribution in [3.05, 3.63) is 30.8 Å². The van der Waals surface area contributed by atoms with Crippen molar-refractivity contribution in [2.75, 3.05) is 0 Å². The van der Waals surface area contributed by atoms with Crippen molar-refractivity contribution < 1.29 is 13.2 Å². The number of rotatable bonds is 0. The standard InChI is InChI=1S/C7H2BrClF3I/c8-4-1-3(7(10,11)12)2-5(13)6(4)9/h1-2H. The Morgan fingerprint density at radius 3 is 2.23 bits per heavy atom. The first-order valence-electron chi connectivity index (χ1n) is 3.04. The molecule has 0 aliphatic carbocycles. The first-order chi connectivity index (χ1) is 5.82. The van der Waals surface area contributed by atoms with E-state index in [1.165, 1.54) is 0 Å². The third kappa shape index (κ3) is 2.73. The molecule has 1 aromatic carbocycles. The maximum Gasteiger partial charge on any atom is 0.416 e. The summed E-state index contributed by atoms with van der Waals surface area (Å²) in [5.74, 6) is 0. The molecule has 0 saturated heterocycles. The first-order valence-corrected chi connectivity index (χ1v) is 5.29. The van der Waals surface area contributed by atoms with Gasteiger partial charge in [-0.1, -0.05) is 11.6 Å². The molecule has 0 atom stereocenters. The predicted octanol–water partition coefficient (Wildman–Crippen LogP) is 4.73. The van der Waals surface area contributed by atoms with E-state index in [2.05, 4.69) is 15.9 Å². The fraction of sp³-hybridized carbons (Fsp3) is 0.143. The molecule has 0 N–H and O–H groups in total. The van der Waals surface area contributed by atoms with E-state index in [-0.39, 0.29) is 4.47 Å². The summed E-state index contributed by atoms with van der Waals surface area (Å²) < 4.78 is 37.3. The topological polar surface area (TPSA) is 0 Å². The average Bonchev–Trinajstić information content (AvgIpc) is 1.97. The van der Waals surface area contributed by atoms with Gasteiger partial charge in [-0.2, -0.15) is 13.2 Å². The van der Waals surface area contributed by atoms with Gasteiger partial charge in [0.1, 0.15) is 0 Å². The van der Waals surface area contributed by atoms with Crippen LogP contribution in [-0.2, 0) is 6.18 Å². The molecule has 0 saturated carbocycles. The van der Waals surface area contributed by atoms with Crippen LogP contribution in [0.3, 0.4) is 0 Å². The molecule has 0 bridgehead atoms. The molecule has 0 heterocycles. The maximum absolute atomic E-state index is 12.2. The second-order valence-electron chi connectivity index (χ2n) is 2.25. The average molecular weight is 385 g/mol. The van der Waals surface area contributed by atoms with Gasteiger partial charge in [-0.25, -0.2) is 0 Å². The summed E-state index contributed by atoms with van der Waals surface area (Å²) in [7, 11) is 0. The van der Waals surface area contributed by atoms with Crippen molar-refractivity contribution in [1.29, 1.82) is 0 Å². The van der Waals surface area contributed by atoms with Gasteiger partial charge in [-0.05, 0) is 50.7 Å². The Morgan fingerprint density at radius 1 is 1.31 bits per heavy atom. The van der Waals surface area contributed by atoms with Crippen LogP contribution in [0.25, 0.3) is 0 Å². The zero-order valence-electron chi connectivity index (χ0n) is 5.92. The summed E-state index contributed by atoms with van der Waals surface area (Å²) in [6, 6.07) is 1.97. The third-order valence-electron chi connectivity index (χ3n) is 1.31. The summed E-state index contributed by atoms with van der Waals surface area (Å²) in [6.07, 6.45) is -4.33. The van der Waals surface area contributed by atoms with E-state index in [0.29, 0.717) is 8.59 Å². The minimum Gasteiger partial charge on any atom is -0.166 e. The lowest BCUT2D eigenvalue weighted by Gasteiger charge is -2.08. The maximum atomic E-state index is 12.2. The van der Waals surface area contributed by atoms with Crippen LogP contribution in [0, 0.1) is 3.57 Å². The van der Waals surface area contributed by atoms with Crippen LogP contribution >= 0.6 is 50.1 Å². The van der Waals surface area contributed by atoms with Crippen LogP contribution in [0.2, 0.25) is 5.02 Å². The van der Waals surface area contributed by atoms with Gasteiger partial charge in [-0.3, -0.25) is 0 Å². The third-order valence-corrected chi connectivity index (χ3v) is 3.74. The van der Waals surface area contributed by atoms with Gasteiger partial charge in [0.2, 0.25) is 0 Å². The molecule has 0 aliphatic rings. The summed E-state index contributed by atoms with van der Waals surface area (Å²) >= 11 is 10.4. The van der Waals surface area contributed by atoms with Gasteiger partial charge in [0.05, 0.1) is 10.6 Å². The lowest BCUT2D eigenvalue weighted by Crippen LogP contribution is -2.05. The molecule has 0 aromatic heterocycles. The van der Waals surface area contributed by atoms with Gasteiger partial charge in [-0.15, -0.1) is 0 Å². The van der Waals surface area contributed by atoms with Gasteiger partial charge in [0.25, 0.3) is 0 Å². The monoisotopic (exact) mass is 384 g/mol. The normalized spacial score (nSPS) is 11.8. The van der Waals surface area contributed by atoms with Crippen LogP contribution in [0.15, 0.2) is 16.6 Å². The zero-order chi connectivity index (χ0) is 10.2. The SMILES string of the molecule is FC(F)(F)c1cc(Br)c(Cl)c(I)c1. The molecule has 0 amide bonds. The van der Waals surface area contributed by atoms with Crippen LogP contribution < -0.4 is 0 Å². The Labute approximate surface area is 99.7 Å². The van der Waals surface area contributed by atoms with E-state index in [9.17, 15) is 13.2 Å². The highest BCUT2D eigenvalue weighted by molar-refractivity contribution is 14.1. The van der Waals surface area contributed by atoms with Crippen LogP contribution in [0.5, 0.6) is 0 Å². The minimum absolute atomic E-state index is 0.258. The molecule has 1 aromatic rings. The second-order valence-corrected chi connectivity index (χ2v) is 4.65. The fourth-order valence-electron chi connectivity index (χ4n) is 0.719. The Morgan fingerprint density at radius 2 is 1.85 bits per heavy atom. The molecule has 72 valence electrons. The lowest BCUT2D eigenvalue weighted by atomic mass is 10.2. The van der Waals surface area contributed by atoms with Crippen molar-refractivity contribution in [2.24, 2.45) is 0 Å². The molecule has 0 radical (unpaired) electrons. The lowest BCUT2D eigenvalue weighted by molar-refractivity contribution is -0.137. The predicted molar refractivity (Wildman–Crippen MR) is 56.9 cm³/mol. The fourth-order valence-corrected chi connectivity index (χ4v) is 2.29. The number of hydrogen-bond acceptors (Lipinski definition) is 0. The zero-order valence-corrected chi connectivity index (χ0v) is 10.4. The number of hydrogen-bond donors (Lipinski definition) is 0. The van der Waals surface area contributed by atoms with Gasteiger partial charge >= 0.3 is 6.18 Å². The van der Waals surface area contributed by atoms with E-state index in [0.717, 1.165) is 12.1 Å². The van der Waals surface area contributed by atoms with E-state index < -0.39 is 11.7 Å². The summed E-state index contributed by atoms with van der Waals surface area (Å²) in [5.41, 5.74) is -0.701. The Kier molecular flexibility index (Phi) is 3.51. The van der Waals surface area contributed by atoms with Crippen molar-refractivity contribution >= 4 is 50.1 Å². The molecular formula is C7H2BrClF3I. The van der Waals surface area contributed by atoms with Crippen LogP contribution in [0.4, 0.5) is 13.2 Å². The molecule has 13 heavy (non-hydrogen) atoms. The van der Waals surface area contributed by atoms with Crippen LogP contribution in [0.1, 0.15) is 5.56 Å². The Hall–Kier alpha value is 0.510. The summed E-state index contributed by atoms with van der Waals surface area (Å²) in [6.45, 7) is 0. The Balaban J connectivity index is 3.29. The molecular weight excluding hydrogens is 383 g/mol. The van der Waals surface area contributed by atoms with E-state index in [4.69, 9.17) is 11.6 Å². The number of halogens is 6. The number of benzene rings is 1. The van der Waals surface area contributed by atoms with Gasteiger partial charge in [0, 0.05) is 8.04 Å². The van der Waals surface area contributed by atoms with E-state index in [1.807, 2.05) is 0 Å². The quantitative estimate of drug-likeness (QED) is 0.448. The highest BCUT2D eigenvalue weighted by Gasteiger charge is 2.31. The second kappa shape index (κ2) is 3.94. The van der Waals surface area contributed by atoms with Gasteiger partial charge in [0.15, 0.2) is 0 Å². The van der Waals surface area contributed by atoms with Crippen LogP contribution in [-0.4, -0.2) is 0 Å². The highest BCUT2D eigenvalue weighted by atomic mass is 127. The minimum atomic E-state index is -4.33. The number of alkyl halides is 3. The highest BCUT2D eigenvalue weighted by Crippen LogP contribution is 2.36. The largest absolute Gasteiger partial charge is 0.416 e. The van der Waals surface area contributed by atoms with Crippen molar-refractivity contribution in [1.82, 2.24) is 0 Å². The smallest absolute Gasteiger partial charge is 0.166 e. The molecule has 0 fully saturated rings. The Bertz CT molecular complexity index is 314. The first kappa shape index (κ1) is 11.6. The molecule has 0 nitrogen and oxygen atoms in total. The molecule has 6 heteroatoms.